The number of nitrogens with zero attached hydrogens (tertiary/aromatic N) is 3. The smallest absolute Gasteiger partial charge is 0.349 e. The number of hydrogen-bond donors (Lipinski definition) is 1. The molecule has 2 N–H and O–H groups in total. The lowest BCUT2D eigenvalue weighted by Gasteiger charge is -2.11. The van der Waals surface area contributed by atoms with Gasteiger partial charge in [0.2, 0.25) is 5.95 Å². The number of nitrogen functional groups attached to an aromatic ring is 1. The first-order valence-electron chi connectivity index (χ1n) is 5.44. The Morgan fingerprint density at radius 1 is 1.65 bits per heavy atom. The van der Waals surface area contributed by atoms with Gasteiger partial charge in [0, 0.05) is 0 Å². The van der Waals surface area contributed by atoms with E-state index in [0.717, 1.165) is 19.0 Å². The first-order chi connectivity index (χ1) is 8.04. The molecule has 1 aromatic rings. The second kappa shape index (κ2) is 5.97. The molecule has 0 spiro atoms. The lowest BCUT2D eigenvalue weighted by Crippen LogP contribution is -2.11. The zero-order valence-corrected chi connectivity index (χ0v) is 9.92. The van der Waals surface area contributed by atoms with E-state index in [4.69, 9.17) is 10.5 Å². The summed E-state index contributed by atoms with van der Waals surface area (Å²) in [5.74, 6) is 0.218. The fraction of sp³-hybridized carbons (Fsp3) is 0.600. The number of rotatable bonds is 6. The topological polar surface area (TPSA) is 104 Å². The molecular formula is C10H16N4O3. The predicted molar refractivity (Wildman–Crippen MR) is 62.7 cm³/mol. The molecule has 0 aliphatic carbocycles. The summed E-state index contributed by atoms with van der Waals surface area (Å²) in [7, 11) is 0. The molecule has 7 nitrogen and oxygen atoms in total. The van der Waals surface area contributed by atoms with Crippen molar-refractivity contribution in [2.45, 2.75) is 26.7 Å². The first-order valence-corrected chi connectivity index (χ1v) is 5.44. The van der Waals surface area contributed by atoms with E-state index in [1.165, 1.54) is 0 Å². The molecule has 0 saturated carbocycles. The molecule has 1 heterocycles. The van der Waals surface area contributed by atoms with Crippen molar-refractivity contribution in [2.24, 2.45) is 5.92 Å². The normalized spacial score (nSPS) is 12.1. The number of ether oxygens (including phenoxy) is 1. The molecule has 1 aromatic heterocycles. The maximum Gasteiger partial charge on any atom is 0.349 e. The van der Waals surface area contributed by atoms with Gasteiger partial charge >= 0.3 is 5.69 Å². The van der Waals surface area contributed by atoms with Crippen LogP contribution >= 0.6 is 0 Å². The van der Waals surface area contributed by atoms with Crippen LogP contribution in [-0.2, 0) is 0 Å². The SMILES string of the molecule is CCCC(C)COc1nc(N)ncc1[N+](=O)[O-]. The van der Waals surface area contributed by atoms with E-state index in [-0.39, 0.29) is 17.5 Å². The van der Waals surface area contributed by atoms with Crippen LogP contribution in [0.25, 0.3) is 0 Å². The van der Waals surface area contributed by atoms with Crippen molar-refractivity contribution in [3.63, 3.8) is 0 Å². The highest BCUT2D eigenvalue weighted by molar-refractivity contribution is 5.41. The number of nitrogens with two attached hydrogens (primary N) is 1. The van der Waals surface area contributed by atoms with Crippen LogP contribution in [0.4, 0.5) is 11.6 Å². The van der Waals surface area contributed by atoms with Crippen molar-refractivity contribution in [1.29, 1.82) is 0 Å². The zero-order valence-electron chi connectivity index (χ0n) is 9.92. The predicted octanol–water partition coefficient (Wildman–Crippen LogP) is 1.78. The van der Waals surface area contributed by atoms with Gasteiger partial charge in [-0.2, -0.15) is 4.98 Å². The average molecular weight is 240 g/mol. The molecule has 0 fully saturated rings. The highest BCUT2D eigenvalue weighted by Gasteiger charge is 2.18. The number of nitro groups is 1. The Balaban J connectivity index is 2.75. The fourth-order valence-corrected chi connectivity index (χ4v) is 1.40. The van der Waals surface area contributed by atoms with Crippen molar-refractivity contribution >= 4 is 11.6 Å². The van der Waals surface area contributed by atoms with E-state index in [1.807, 2.05) is 6.92 Å². The zero-order chi connectivity index (χ0) is 12.8. The summed E-state index contributed by atoms with van der Waals surface area (Å²) in [5.41, 5.74) is 5.11. The van der Waals surface area contributed by atoms with Gasteiger partial charge in [0.05, 0.1) is 11.5 Å². The van der Waals surface area contributed by atoms with Gasteiger partial charge in [-0.05, 0) is 12.3 Å². The van der Waals surface area contributed by atoms with Gasteiger partial charge in [0.1, 0.15) is 6.20 Å². The van der Waals surface area contributed by atoms with E-state index in [0.29, 0.717) is 12.5 Å². The van der Waals surface area contributed by atoms with Crippen molar-refractivity contribution in [1.82, 2.24) is 9.97 Å². The van der Waals surface area contributed by atoms with Crippen LogP contribution in [0.15, 0.2) is 6.20 Å². The molecule has 1 rings (SSSR count). The van der Waals surface area contributed by atoms with Crippen molar-refractivity contribution in [2.75, 3.05) is 12.3 Å². The Bertz CT molecular complexity index is 397. The third kappa shape index (κ3) is 3.86. The summed E-state index contributed by atoms with van der Waals surface area (Å²) >= 11 is 0. The van der Waals surface area contributed by atoms with Crippen LogP contribution in [0.5, 0.6) is 5.88 Å². The molecule has 1 atom stereocenters. The van der Waals surface area contributed by atoms with E-state index in [1.54, 1.807) is 0 Å². The van der Waals surface area contributed by atoms with Crippen LogP contribution < -0.4 is 10.5 Å². The molecule has 0 amide bonds. The number of aromatic nitrogens is 2. The molecule has 0 radical (unpaired) electrons. The second-order valence-electron chi connectivity index (χ2n) is 3.88. The summed E-state index contributed by atoms with van der Waals surface area (Å²) in [6, 6.07) is 0. The molecule has 0 aromatic carbocycles. The van der Waals surface area contributed by atoms with E-state index < -0.39 is 4.92 Å². The summed E-state index contributed by atoms with van der Waals surface area (Å²) < 4.78 is 5.32. The third-order valence-corrected chi connectivity index (χ3v) is 2.24. The van der Waals surface area contributed by atoms with Crippen LogP contribution in [0.2, 0.25) is 0 Å². The van der Waals surface area contributed by atoms with Gasteiger partial charge in [-0.15, -0.1) is 0 Å². The Labute approximate surface area is 99.2 Å². The molecule has 0 aliphatic rings. The largest absolute Gasteiger partial charge is 0.472 e. The Morgan fingerprint density at radius 2 is 2.35 bits per heavy atom. The average Bonchev–Trinajstić information content (AvgIpc) is 2.26. The van der Waals surface area contributed by atoms with Crippen molar-refractivity contribution in [3.8, 4) is 5.88 Å². The van der Waals surface area contributed by atoms with Gasteiger partial charge in [-0.1, -0.05) is 20.3 Å². The highest BCUT2D eigenvalue weighted by Crippen LogP contribution is 2.24. The van der Waals surface area contributed by atoms with Gasteiger partial charge in [0.25, 0.3) is 5.88 Å². The Kier molecular flexibility index (Phi) is 4.62. The maximum atomic E-state index is 10.7. The minimum atomic E-state index is -0.584. The lowest BCUT2D eigenvalue weighted by molar-refractivity contribution is -0.386. The maximum absolute atomic E-state index is 10.7. The van der Waals surface area contributed by atoms with Gasteiger partial charge in [-0.3, -0.25) is 10.1 Å². The molecule has 17 heavy (non-hydrogen) atoms. The van der Waals surface area contributed by atoms with E-state index in [9.17, 15) is 10.1 Å². The van der Waals surface area contributed by atoms with Gasteiger partial charge in [-0.25, -0.2) is 4.98 Å². The molecule has 1 unspecified atom stereocenters. The summed E-state index contributed by atoms with van der Waals surface area (Å²) in [6.07, 6.45) is 3.09. The molecule has 0 aliphatic heterocycles. The number of anilines is 1. The Hall–Kier alpha value is -1.92. The summed E-state index contributed by atoms with van der Waals surface area (Å²) in [5, 5.41) is 10.7. The van der Waals surface area contributed by atoms with Crippen LogP contribution in [-0.4, -0.2) is 21.5 Å². The van der Waals surface area contributed by atoms with E-state index >= 15 is 0 Å². The molecule has 0 saturated heterocycles. The molecular weight excluding hydrogens is 224 g/mol. The molecule has 7 heteroatoms. The quantitative estimate of drug-likeness (QED) is 0.600. The first kappa shape index (κ1) is 13.1. The van der Waals surface area contributed by atoms with Crippen molar-refractivity contribution in [3.05, 3.63) is 16.3 Å². The highest BCUT2D eigenvalue weighted by atomic mass is 16.6. The third-order valence-electron chi connectivity index (χ3n) is 2.24. The fourth-order valence-electron chi connectivity index (χ4n) is 1.40. The van der Waals surface area contributed by atoms with Crippen LogP contribution in [0.1, 0.15) is 26.7 Å². The standard InChI is InChI=1S/C10H16N4O3/c1-3-4-7(2)6-17-9-8(14(15)16)5-12-10(11)13-9/h5,7H,3-4,6H2,1-2H3,(H2,11,12,13). The van der Waals surface area contributed by atoms with Crippen LogP contribution in [0, 0.1) is 16.0 Å². The van der Waals surface area contributed by atoms with Gasteiger partial charge < -0.3 is 10.5 Å². The molecule has 0 bridgehead atoms. The van der Waals surface area contributed by atoms with Gasteiger partial charge in [0.15, 0.2) is 0 Å². The van der Waals surface area contributed by atoms with Crippen LogP contribution in [0.3, 0.4) is 0 Å². The summed E-state index contributed by atoms with van der Waals surface area (Å²) in [6.45, 7) is 4.46. The minimum absolute atomic E-state index is 0.0336. The summed E-state index contributed by atoms with van der Waals surface area (Å²) in [4.78, 5) is 17.4. The minimum Gasteiger partial charge on any atom is -0.472 e. The second-order valence-corrected chi connectivity index (χ2v) is 3.88. The van der Waals surface area contributed by atoms with Crippen molar-refractivity contribution < 1.29 is 9.66 Å². The lowest BCUT2D eigenvalue weighted by atomic mass is 10.1. The monoisotopic (exact) mass is 240 g/mol. The van der Waals surface area contributed by atoms with E-state index in [2.05, 4.69) is 16.9 Å². The molecule has 94 valence electrons. The Morgan fingerprint density at radius 3 is 2.94 bits per heavy atom. The number of hydrogen-bond acceptors (Lipinski definition) is 6.